The highest BCUT2D eigenvalue weighted by Gasteiger charge is 2.40. The lowest BCUT2D eigenvalue weighted by Crippen LogP contribution is -2.55. The molecule has 0 unspecified atom stereocenters. The van der Waals surface area contributed by atoms with Gasteiger partial charge in [0.1, 0.15) is 0 Å². The molecular formula is C20H29N3O2. The molecule has 1 aromatic carbocycles. The Hall–Kier alpha value is -1.88. The highest BCUT2D eigenvalue weighted by molar-refractivity contribution is 5.86. The fourth-order valence-electron chi connectivity index (χ4n) is 4.12. The number of amides is 2. The van der Waals surface area contributed by atoms with Gasteiger partial charge in [-0.25, -0.2) is 0 Å². The average molecular weight is 343 g/mol. The quantitative estimate of drug-likeness (QED) is 0.887. The van der Waals surface area contributed by atoms with Crippen LogP contribution in [0.15, 0.2) is 30.3 Å². The van der Waals surface area contributed by atoms with Crippen LogP contribution >= 0.6 is 0 Å². The maximum atomic E-state index is 13.0. The summed E-state index contributed by atoms with van der Waals surface area (Å²) in [6, 6.07) is 9.64. The maximum Gasteiger partial charge on any atom is 0.239 e. The predicted molar refractivity (Wildman–Crippen MR) is 98.2 cm³/mol. The lowest BCUT2D eigenvalue weighted by Gasteiger charge is -2.35. The molecule has 2 aliphatic rings. The number of likely N-dealkylation sites (tertiary alicyclic amines) is 2. The summed E-state index contributed by atoms with van der Waals surface area (Å²) in [4.78, 5) is 29.8. The molecule has 25 heavy (non-hydrogen) atoms. The van der Waals surface area contributed by atoms with Crippen molar-refractivity contribution >= 4 is 11.8 Å². The van der Waals surface area contributed by atoms with Crippen molar-refractivity contribution in [3.63, 3.8) is 0 Å². The van der Waals surface area contributed by atoms with Crippen LogP contribution in [-0.4, -0.2) is 60.4 Å². The van der Waals surface area contributed by atoms with E-state index < -0.39 is 0 Å². The molecule has 0 aliphatic carbocycles. The molecule has 0 bridgehead atoms. The molecule has 1 N–H and O–H groups in total. The van der Waals surface area contributed by atoms with E-state index in [0.29, 0.717) is 6.42 Å². The van der Waals surface area contributed by atoms with Crippen LogP contribution in [-0.2, 0) is 16.0 Å². The first-order chi connectivity index (χ1) is 12.2. The van der Waals surface area contributed by atoms with Crippen molar-refractivity contribution in [1.29, 1.82) is 0 Å². The molecule has 0 spiro atoms. The molecule has 2 heterocycles. The number of carbonyl (C=O) groups excluding carboxylic acids is 2. The molecule has 0 saturated carbocycles. The van der Waals surface area contributed by atoms with Crippen molar-refractivity contribution in [2.24, 2.45) is 0 Å². The number of hydrogen-bond donors (Lipinski definition) is 1. The van der Waals surface area contributed by atoms with Crippen LogP contribution < -0.4 is 5.32 Å². The molecule has 0 aromatic heterocycles. The molecule has 5 nitrogen and oxygen atoms in total. The molecule has 136 valence electrons. The van der Waals surface area contributed by atoms with Crippen LogP contribution in [0.25, 0.3) is 0 Å². The molecule has 2 amide bonds. The number of benzene rings is 1. The van der Waals surface area contributed by atoms with Crippen LogP contribution in [0, 0.1) is 0 Å². The average Bonchev–Trinajstić information content (AvgIpc) is 3.16. The first kappa shape index (κ1) is 17.9. The summed E-state index contributed by atoms with van der Waals surface area (Å²) in [7, 11) is 1.68. The predicted octanol–water partition coefficient (Wildman–Crippen LogP) is 1.82. The van der Waals surface area contributed by atoms with Gasteiger partial charge in [0.2, 0.25) is 11.8 Å². The summed E-state index contributed by atoms with van der Waals surface area (Å²) in [5.41, 5.74) is 1.13. The smallest absolute Gasteiger partial charge is 0.239 e. The van der Waals surface area contributed by atoms with Crippen molar-refractivity contribution in [3.8, 4) is 0 Å². The molecule has 0 radical (unpaired) electrons. The largest absolute Gasteiger partial charge is 0.358 e. The molecule has 3 rings (SSSR count). The molecule has 2 fully saturated rings. The number of nitrogens with one attached hydrogen (secondary N) is 1. The zero-order chi connectivity index (χ0) is 17.6. The van der Waals surface area contributed by atoms with Gasteiger partial charge < -0.3 is 10.2 Å². The van der Waals surface area contributed by atoms with Gasteiger partial charge in [0, 0.05) is 20.1 Å². The number of nitrogens with zero attached hydrogens (tertiary/aromatic N) is 2. The number of carbonyl (C=O) groups is 2. The van der Waals surface area contributed by atoms with Gasteiger partial charge in [-0.2, -0.15) is 0 Å². The Bertz CT molecular complexity index is 584. The Labute approximate surface area is 150 Å². The second-order valence-electron chi connectivity index (χ2n) is 7.10. The maximum absolute atomic E-state index is 13.0. The van der Waals surface area contributed by atoms with E-state index in [1.165, 1.54) is 6.42 Å². The fraction of sp³-hybridized carbons (Fsp3) is 0.600. The van der Waals surface area contributed by atoms with Crippen molar-refractivity contribution in [3.05, 3.63) is 35.9 Å². The van der Waals surface area contributed by atoms with Gasteiger partial charge in [0.25, 0.3) is 0 Å². The number of hydrogen-bond acceptors (Lipinski definition) is 3. The van der Waals surface area contributed by atoms with E-state index in [-0.39, 0.29) is 23.9 Å². The first-order valence-corrected chi connectivity index (χ1v) is 9.51. The monoisotopic (exact) mass is 343 g/mol. The van der Waals surface area contributed by atoms with Crippen LogP contribution in [0.3, 0.4) is 0 Å². The van der Waals surface area contributed by atoms with E-state index >= 15 is 0 Å². The molecule has 2 aliphatic heterocycles. The summed E-state index contributed by atoms with van der Waals surface area (Å²) < 4.78 is 0. The Morgan fingerprint density at radius 2 is 1.80 bits per heavy atom. The number of rotatable bonds is 5. The highest BCUT2D eigenvalue weighted by atomic mass is 16.2. The zero-order valence-electron chi connectivity index (χ0n) is 15.1. The summed E-state index contributed by atoms with van der Waals surface area (Å²) >= 11 is 0. The molecular weight excluding hydrogens is 314 g/mol. The van der Waals surface area contributed by atoms with Gasteiger partial charge in [-0.1, -0.05) is 30.3 Å². The minimum Gasteiger partial charge on any atom is -0.358 e. The van der Waals surface area contributed by atoms with Gasteiger partial charge in [0.05, 0.1) is 12.1 Å². The number of likely N-dealkylation sites (N-methyl/N-ethyl adjacent to an activating group) is 1. The van der Waals surface area contributed by atoms with Crippen LogP contribution in [0.2, 0.25) is 0 Å². The fourth-order valence-corrected chi connectivity index (χ4v) is 4.12. The first-order valence-electron chi connectivity index (χ1n) is 9.51. The summed E-state index contributed by atoms with van der Waals surface area (Å²) in [6.07, 6.45) is 5.89. The topological polar surface area (TPSA) is 52.7 Å². The van der Waals surface area contributed by atoms with E-state index in [4.69, 9.17) is 0 Å². The molecule has 5 heteroatoms. The molecule has 2 saturated heterocycles. The van der Waals surface area contributed by atoms with E-state index in [0.717, 1.165) is 50.9 Å². The third kappa shape index (κ3) is 4.21. The zero-order valence-corrected chi connectivity index (χ0v) is 15.1. The summed E-state index contributed by atoms with van der Waals surface area (Å²) in [5, 5.41) is 2.80. The SMILES string of the molecule is CNC(=O)[C@@H](Cc1ccccc1)N1CCC[C@H]1C(=O)N1CCCCC1. The minimum atomic E-state index is -0.284. The lowest BCUT2D eigenvalue weighted by molar-refractivity contribution is -0.139. The van der Waals surface area contributed by atoms with Gasteiger partial charge in [-0.05, 0) is 50.6 Å². The highest BCUT2D eigenvalue weighted by Crippen LogP contribution is 2.25. The van der Waals surface area contributed by atoms with E-state index in [1.54, 1.807) is 7.05 Å². The van der Waals surface area contributed by atoms with Gasteiger partial charge >= 0.3 is 0 Å². The third-order valence-corrected chi connectivity index (χ3v) is 5.47. The Morgan fingerprint density at radius 3 is 2.48 bits per heavy atom. The van der Waals surface area contributed by atoms with Crippen molar-refractivity contribution in [2.75, 3.05) is 26.7 Å². The number of piperidine rings is 1. The van der Waals surface area contributed by atoms with Crippen molar-refractivity contribution in [1.82, 2.24) is 15.1 Å². The Kier molecular flexibility index (Phi) is 6.08. The van der Waals surface area contributed by atoms with Crippen LogP contribution in [0.4, 0.5) is 0 Å². The molecule has 1 aromatic rings. The second-order valence-corrected chi connectivity index (χ2v) is 7.10. The van der Waals surface area contributed by atoms with E-state index in [2.05, 4.69) is 10.2 Å². The van der Waals surface area contributed by atoms with Crippen LogP contribution in [0.5, 0.6) is 0 Å². The van der Waals surface area contributed by atoms with Crippen molar-refractivity contribution in [2.45, 2.75) is 50.6 Å². The second kappa shape index (κ2) is 8.48. The van der Waals surface area contributed by atoms with E-state index in [9.17, 15) is 9.59 Å². The standard InChI is InChI=1S/C20H29N3O2/c1-21-19(24)18(15-16-9-4-2-5-10-16)23-14-8-11-17(23)20(25)22-12-6-3-7-13-22/h2,4-5,9-10,17-18H,3,6-8,11-15H2,1H3,(H,21,24)/t17-,18+/m0/s1. The Morgan fingerprint density at radius 1 is 1.08 bits per heavy atom. The van der Waals surface area contributed by atoms with Gasteiger partial charge in [-0.3, -0.25) is 14.5 Å². The lowest BCUT2D eigenvalue weighted by atomic mass is 10.0. The Balaban J connectivity index is 1.76. The van der Waals surface area contributed by atoms with Gasteiger partial charge in [-0.15, -0.1) is 0 Å². The summed E-state index contributed by atoms with van der Waals surface area (Å²) in [5.74, 6) is 0.223. The van der Waals surface area contributed by atoms with E-state index in [1.807, 2.05) is 35.2 Å². The normalized spacial score (nSPS) is 22.6. The summed E-state index contributed by atoms with van der Waals surface area (Å²) in [6.45, 7) is 2.55. The van der Waals surface area contributed by atoms with Gasteiger partial charge in [0.15, 0.2) is 0 Å². The van der Waals surface area contributed by atoms with Crippen LogP contribution in [0.1, 0.15) is 37.7 Å². The molecule has 2 atom stereocenters. The third-order valence-electron chi connectivity index (χ3n) is 5.47. The minimum absolute atomic E-state index is 0.00203. The van der Waals surface area contributed by atoms with Crippen molar-refractivity contribution < 1.29 is 9.59 Å².